The maximum atomic E-state index is 9.38. The average Bonchev–Trinajstić information content (AvgIpc) is 3.07. The summed E-state index contributed by atoms with van der Waals surface area (Å²) >= 11 is 1.69. The highest BCUT2D eigenvalue weighted by molar-refractivity contribution is 7.19. The van der Waals surface area contributed by atoms with Gasteiger partial charge >= 0.3 is 0 Å². The zero-order valence-corrected chi connectivity index (χ0v) is 15.8. The van der Waals surface area contributed by atoms with Crippen LogP contribution in [0.4, 0.5) is 0 Å². The Kier molecular flexibility index (Phi) is 4.03. The van der Waals surface area contributed by atoms with Crippen LogP contribution in [0, 0.1) is 6.92 Å². The van der Waals surface area contributed by atoms with E-state index in [2.05, 4.69) is 24.3 Å². The molecule has 0 radical (unpaired) electrons. The summed E-state index contributed by atoms with van der Waals surface area (Å²) in [7, 11) is 0. The highest BCUT2D eigenvalue weighted by Gasteiger charge is 2.31. The molecule has 0 spiro atoms. The molecule has 1 atom stereocenters. The molecule has 1 aliphatic rings. The Balaban J connectivity index is 1.81. The molecular formula is C17H23N5O2S. The molecule has 8 heteroatoms. The van der Waals surface area contributed by atoms with Crippen molar-refractivity contribution >= 4 is 27.2 Å². The van der Waals surface area contributed by atoms with Gasteiger partial charge in [0.05, 0.1) is 30.2 Å². The molecule has 0 saturated carbocycles. The third kappa shape index (κ3) is 3.03. The first kappa shape index (κ1) is 16.8. The molecule has 0 aromatic carbocycles. The van der Waals surface area contributed by atoms with Crippen LogP contribution in [0.2, 0.25) is 0 Å². The lowest BCUT2D eigenvalue weighted by atomic mass is 9.94. The fourth-order valence-corrected chi connectivity index (χ4v) is 4.40. The summed E-state index contributed by atoms with van der Waals surface area (Å²) in [4.78, 5) is 11.8. The van der Waals surface area contributed by atoms with Gasteiger partial charge in [-0.25, -0.2) is 9.97 Å². The molecule has 0 amide bonds. The molecule has 0 bridgehead atoms. The van der Waals surface area contributed by atoms with Gasteiger partial charge < -0.3 is 15.2 Å². The van der Waals surface area contributed by atoms with Crippen molar-refractivity contribution in [3.63, 3.8) is 0 Å². The minimum atomic E-state index is -0.390. The number of hydrogen-bond donors (Lipinski definition) is 2. The van der Waals surface area contributed by atoms with Crippen LogP contribution >= 0.6 is 11.3 Å². The Hall–Kier alpha value is -1.61. The molecular weight excluding hydrogens is 338 g/mol. The Bertz CT molecular complexity index is 944. The van der Waals surface area contributed by atoms with Crippen molar-refractivity contribution < 1.29 is 9.84 Å². The number of nitrogens with one attached hydrogen (secondary N) is 1. The number of aliphatic hydroxyl groups excluding tert-OH is 1. The van der Waals surface area contributed by atoms with Gasteiger partial charge in [-0.3, -0.25) is 0 Å². The van der Waals surface area contributed by atoms with E-state index >= 15 is 0 Å². The first-order valence-corrected chi connectivity index (χ1v) is 9.35. The van der Waals surface area contributed by atoms with Crippen molar-refractivity contribution in [2.45, 2.75) is 59.0 Å². The molecule has 1 aliphatic heterocycles. The number of thiophene rings is 1. The van der Waals surface area contributed by atoms with Gasteiger partial charge in [0.1, 0.15) is 10.7 Å². The molecule has 3 aromatic rings. The van der Waals surface area contributed by atoms with Gasteiger partial charge in [-0.2, -0.15) is 4.52 Å². The normalized spacial score (nSPS) is 18.0. The van der Waals surface area contributed by atoms with Crippen molar-refractivity contribution in [1.82, 2.24) is 24.9 Å². The van der Waals surface area contributed by atoms with Crippen molar-refractivity contribution in [2.75, 3.05) is 6.54 Å². The Morgan fingerprint density at radius 3 is 2.96 bits per heavy atom. The molecule has 0 fully saturated rings. The summed E-state index contributed by atoms with van der Waals surface area (Å²) in [6, 6.07) is 0. The Labute approximate surface area is 150 Å². The molecule has 25 heavy (non-hydrogen) atoms. The molecule has 0 aliphatic carbocycles. The van der Waals surface area contributed by atoms with E-state index in [0.29, 0.717) is 25.5 Å². The van der Waals surface area contributed by atoms with Gasteiger partial charge in [0.25, 0.3) is 0 Å². The van der Waals surface area contributed by atoms with Crippen LogP contribution in [0.1, 0.15) is 42.9 Å². The second-order valence-electron chi connectivity index (χ2n) is 7.31. The molecule has 4 heterocycles. The van der Waals surface area contributed by atoms with Gasteiger partial charge in [0.15, 0.2) is 11.5 Å². The minimum Gasteiger partial charge on any atom is -0.392 e. The van der Waals surface area contributed by atoms with E-state index in [1.807, 2.05) is 11.4 Å². The number of aryl methyl sites for hydroxylation is 1. The highest BCUT2D eigenvalue weighted by atomic mass is 32.1. The smallest absolute Gasteiger partial charge is 0.168 e. The van der Waals surface area contributed by atoms with E-state index in [-0.39, 0.29) is 5.60 Å². The van der Waals surface area contributed by atoms with Crippen molar-refractivity contribution in [1.29, 1.82) is 0 Å². The summed E-state index contributed by atoms with van der Waals surface area (Å²) in [6.07, 6.45) is 0.462. The van der Waals surface area contributed by atoms with Gasteiger partial charge in [-0.1, -0.05) is 0 Å². The largest absolute Gasteiger partial charge is 0.392 e. The zero-order valence-electron chi connectivity index (χ0n) is 15.0. The van der Waals surface area contributed by atoms with Gasteiger partial charge in [0, 0.05) is 17.8 Å². The van der Waals surface area contributed by atoms with Gasteiger partial charge in [-0.15, -0.1) is 16.4 Å². The molecule has 4 rings (SSSR count). The van der Waals surface area contributed by atoms with E-state index in [4.69, 9.17) is 14.7 Å². The fraction of sp³-hybridized carbons (Fsp3) is 0.588. The topological polar surface area (TPSA) is 84.6 Å². The zero-order chi connectivity index (χ0) is 17.8. The average molecular weight is 361 g/mol. The number of rotatable bonds is 4. The van der Waals surface area contributed by atoms with E-state index in [1.54, 1.807) is 18.3 Å². The predicted octanol–water partition coefficient (Wildman–Crippen LogP) is 1.97. The lowest BCUT2D eigenvalue weighted by Crippen LogP contribution is -2.31. The molecule has 0 unspecified atom stereocenters. The number of fused-ring (bicyclic) bond motifs is 5. The van der Waals surface area contributed by atoms with Gasteiger partial charge in [-0.05, 0) is 33.3 Å². The van der Waals surface area contributed by atoms with E-state index < -0.39 is 6.10 Å². The van der Waals surface area contributed by atoms with Crippen molar-refractivity contribution in [3.05, 3.63) is 22.1 Å². The number of aliphatic hydroxyl groups is 1. The Morgan fingerprint density at radius 2 is 2.20 bits per heavy atom. The van der Waals surface area contributed by atoms with Crippen molar-refractivity contribution in [2.24, 2.45) is 0 Å². The maximum Gasteiger partial charge on any atom is 0.168 e. The Morgan fingerprint density at radius 1 is 1.40 bits per heavy atom. The van der Waals surface area contributed by atoms with Crippen LogP contribution in [0.15, 0.2) is 0 Å². The number of nitrogens with zero attached hydrogens (tertiary/aromatic N) is 4. The first-order chi connectivity index (χ1) is 11.8. The second kappa shape index (κ2) is 5.98. The second-order valence-corrected chi connectivity index (χ2v) is 8.40. The van der Waals surface area contributed by atoms with E-state index in [0.717, 1.165) is 28.1 Å². The van der Waals surface area contributed by atoms with Crippen LogP contribution in [-0.2, 0) is 24.3 Å². The molecule has 0 saturated heterocycles. The van der Waals surface area contributed by atoms with Gasteiger partial charge in [0.2, 0.25) is 0 Å². The molecule has 2 N–H and O–H groups in total. The van der Waals surface area contributed by atoms with E-state index in [9.17, 15) is 5.11 Å². The first-order valence-electron chi connectivity index (χ1n) is 8.53. The molecule has 3 aromatic heterocycles. The lowest BCUT2D eigenvalue weighted by molar-refractivity contribution is -0.0379. The van der Waals surface area contributed by atoms with Crippen LogP contribution in [0.25, 0.3) is 15.9 Å². The fourth-order valence-electron chi connectivity index (χ4n) is 3.25. The summed E-state index contributed by atoms with van der Waals surface area (Å²) < 4.78 is 7.78. The quantitative estimate of drug-likeness (QED) is 0.739. The maximum absolute atomic E-state index is 9.38. The summed E-state index contributed by atoms with van der Waals surface area (Å²) in [5.41, 5.74) is 1.99. The SMILES string of the molecule is Cc1nc2sc3c(c2c2nc(CNC[C@@H](C)O)nn12)CC(C)(C)OC3. The standard InChI is InChI=1S/C17H23N5O2S/c1-9(23)6-18-7-13-20-15-14-11-5-17(3,4)24-8-12(11)25-16(14)19-10(2)22(15)21-13/h9,18,23H,5-8H2,1-4H3/t9-/m1/s1. The summed E-state index contributed by atoms with van der Waals surface area (Å²) in [6.45, 7) is 9.61. The van der Waals surface area contributed by atoms with Crippen LogP contribution in [0.3, 0.4) is 0 Å². The van der Waals surface area contributed by atoms with Crippen LogP contribution < -0.4 is 5.32 Å². The number of aromatic nitrogens is 4. The van der Waals surface area contributed by atoms with Crippen LogP contribution in [0.5, 0.6) is 0 Å². The van der Waals surface area contributed by atoms with Crippen LogP contribution in [-0.4, -0.2) is 42.9 Å². The lowest BCUT2D eigenvalue weighted by Gasteiger charge is -2.30. The number of hydrogen-bond acceptors (Lipinski definition) is 7. The predicted molar refractivity (Wildman–Crippen MR) is 96.9 cm³/mol. The van der Waals surface area contributed by atoms with Crippen molar-refractivity contribution in [3.8, 4) is 0 Å². The number of ether oxygens (including phenoxy) is 1. The van der Waals surface area contributed by atoms with E-state index in [1.165, 1.54) is 10.4 Å². The highest BCUT2D eigenvalue weighted by Crippen LogP contribution is 2.39. The molecule has 7 nitrogen and oxygen atoms in total. The molecule has 134 valence electrons. The summed E-state index contributed by atoms with van der Waals surface area (Å²) in [5.74, 6) is 1.54. The monoisotopic (exact) mass is 361 g/mol. The third-order valence-electron chi connectivity index (χ3n) is 4.44. The minimum absolute atomic E-state index is 0.176. The summed E-state index contributed by atoms with van der Waals surface area (Å²) in [5, 5.41) is 18.3. The third-order valence-corrected chi connectivity index (χ3v) is 5.54.